The maximum atomic E-state index is 12.1. The number of carbonyl (C=O) groups excluding carboxylic acids is 2. The number of carbonyl (C=O) groups is 2. The lowest BCUT2D eigenvalue weighted by molar-refractivity contribution is -0.129. The van der Waals surface area contributed by atoms with Crippen LogP contribution in [0.25, 0.3) is 0 Å². The Bertz CT molecular complexity index is 709. The second-order valence-corrected chi connectivity index (χ2v) is 6.06. The summed E-state index contributed by atoms with van der Waals surface area (Å²) in [4.78, 5) is 24.1. The molecule has 1 fully saturated rings. The Hall–Kier alpha value is -2.66. The Kier molecular flexibility index (Phi) is 4.91. The van der Waals surface area contributed by atoms with Gasteiger partial charge >= 0.3 is 0 Å². The molecule has 1 saturated carbocycles. The molecule has 0 bridgehead atoms. The number of anilines is 1. The molecule has 0 aromatic heterocycles. The number of benzene rings is 2. The van der Waals surface area contributed by atoms with Gasteiger partial charge in [-0.15, -0.1) is 0 Å². The Morgan fingerprint density at radius 3 is 2.12 bits per heavy atom. The van der Waals surface area contributed by atoms with E-state index in [1.807, 2.05) is 30.3 Å². The van der Waals surface area contributed by atoms with Crippen LogP contribution in [0, 0.1) is 5.92 Å². The molecule has 1 aliphatic carbocycles. The summed E-state index contributed by atoms with van der Waals surface area (Å²) in [6.07, 6.45) is 3.03. The van der Waals surface area contributed by atoms with Crippen molar-refractivity contribution in [1.82, 2.24) is 5.48 Å². The SMILES string of the molecule is O=C(Nc1ccc(C(C(=O)NO)c2ccccc2)cc1)C1CCC1. The van der Waals surface area contributed by atoms with Crippen molar-refractivity contribution in [2.75, 3.05) is 5.32 Å². The van der Waals surface area contributed by atoms with Gasteiger partial charge in [0.25, 0.3) is 5.91 Å². The van der Waals surface area contributed by atoms with Gasteiger partial charge in [0, 0.05) is 11.6 Å². The molecule has 1 aliphatic rings. The highest BCUT2D eigenvalue weighted by Crippen LogP contribution is 2.29. The topological polar surface area (TPSA) is 78.4 Å². The normalized spacial score (nSPS) is 15.2. The van der Waals surface area contributed by atoms with Crippen molar-refractivity contribution >= 4 is 17.5 Å². The van der Waals surface area contributed by atoms with Crippen molar-refractivity contribution in [2.24, 2.45) is 5.92 Å². The Morgan fingerprint density at radius 2 is 1.58 bits per heavy atom. The second-order valence-electron chi connectivity index (χ2n) is 6.06. The lowest BCUT2D eigenvalue weighted by atomic mass is 9.85. The quantitative estimate of drug-likeness (QED) is 0.584. The highest BCUT2D eigenvalue weighted by molar-refractivity contribution is 5.93. The van der Waals surface area contributed by atoms with Crippen LogP contribution in [-0.2, 0) is 9.59 Å². The molecule has 0 heterocycles. The molecular formula is C19H20N2O3. The van der Waals surface area contributed by atoms with Gasteiger partial charge in [0.2, 0.25) is 5.91 Å². The van der Waals surface area contributed by atoms with E-state index in [-0.39, 0.29) is 11.8 Å². The fourth-order valence-electron chi connectivity index (χ4n) is 2.88. The van der Waals surface area contributed by atoms with E-state index in [1.165, 1.54) is 0 Å². The summed E-state index contributed by atoms with van der Waals surface area (Å²) in [6, 6.07) is 16.4. The number of rotatable bonds is 5. The van der Waals surface area contributed by atoms with Crippen LogP contribution in [-0.4, -0.2) is 17.0 Å². The van der Waals surface area contributed by atoms with Crippen LogP contribution in [0.3, 0.4) is 0 Å². The maximum Gasteiger partial charge on any atom is 0.255 e. The van der Waals surface area contributed by atoms with Gasteiger partial charge in [-0.1, -0.05) is 48.9 Å². The molecule has 2 aromatic carbocycles. The van der Waals surface area contributed by atoms with Gasteiger partial charge in [-0.2, -0.15) is 0 Å². The van der Waals surface area contributed by atoms with Crippen molar-refractivity contribution in [1.29, 1.82) is 0 Å². The Morgan fingerprint density at radius 1 is 0.958 bits per heavy atom. The highest BCUT2D eigenvalue weighted by atomic mass is 16.5. The largest absolute Gasteiger partial charge is 0.326 e. The molecule has 124 valence electrons. The molecule has 0 aliphatic heterocycles. The molecule has 5 heteroatoms. The number of hydrogen-bond donors (Lipinski definition) is 3. The van der Waals surface area contributed by atoms with Gasteiger partial charge in [-0.25, -0.2) is 5.48 Å². The van der Waals surface area contributed by atoms with Gasteiger partial charge in [0.1, 0.15) is 0 Å². The van der Waals surface area contributed by atoms with E-state index in [2.05, 4.69) is 5.32 Å². The summed E-state index contributed by atoms with van der Waals surface area (Å²) in [5.41, 5.74) is 3.98. The van der Waals surface area contributed by atoms with Gasteiger partial charge in [-0.3, -0.25) is 14.8 Å². The van der Waals surface area contributed by atoms with Crippen LogP contribution in [0.4, 0.5) is 5.69 Å². The van der Waals surface area contributed by atoms with E-state index in [4.69, 9.17) is 5.21 Å². The minimum absolute atomic E-state index is 0.0571. The zero-order valence-electron chi connectivity index (χ0n) is 13.2. The number of nitrogens with one attached hydrogen (secondary N) is 2. The third-order valence-corrected chi connectivity index (χ3v) is 4.49. The molecule has 24 heavy (non-hydrogen) atoms. The van der Waals surface area contributed by atoms with Crippen molar-refractivity contribution in [2.45, 2.75) is 25.2 Å². The van der Waals surface area contributed by atoms with Gasteiger partial charge < -0.3 is 5.32 Å². The first-order valence-electron chi connectivity index (χ1n) is 8.09. The Labute approximate surface area is 140 Å². The molecule has 1 atom stereocenters. The van der Waals surface area contributed by atoms with Gasteiger partial charge in [-0.05, 0) is 36.1 Å². The predicted octanol–water partition coefficient (Wildman–Crippen LogP) is 3.06. The number of amides is 2. The average Bonchev–Trinajstić information content (AvgIpc) is 2.56. The maximum absolute atomic E-state index is 12.1. The molecule has 0 saturated heterocycles. The first-order valence-corrected chi connectivity index (χ1v) is 8.09. The minimum Gasteiger partial charge on any atom is -0.326 e. The zero-order valence-corrected chi connectivity index (χ0v) is 13.2. The predicted molar refractivity (Wildman–Crippen MR) is 90.6 cm³/mol. The highest BCUT2D eigenvalue weighted by Gasteiger charge is 2.25. The molecule has 1 unspecified atom stereocenters. The summed E-state index contributed by atoms with van der Waals surface area (Å²) < 4.78 is 0. The number of hydrogen-bond acceptors (Lipinski definition) is 3. The summed E-state index contributed by atoms with van der Waals surface area (Å²) in [5, 5.41) is 11.9. The van der Waals surface area contributed by atoms with Crippen molar-refractivity contribution in [3.8, 4) is 0 Å². The molecular weight excluding hydrogens is 304 g/mol. The van der Waals surface area contributed by atoms with E-state index in [0.717, 1.165) is 30.4 Å². The Balaban J connectivity index is 1.78. The summed E-state index contributed by atoms with van der Waals surface area (Å²) in [5.74, 6) is -0.913. The lowest BCUT2D eigenvalue weighted by Gasteiger charge is -2.24. The first kappa shape index (κ1) is 16.2. The minimum atomic E-state index is -0.604. The lowest BCUT2D eigenvalue weighted by Crippen LogP contribution is -2.28. The van der Waals surface area contributed by atoms with Crippen molar-refractivity contribution in [3.63, 3.8) is 0 Å². The molecule has 2 amide bonds. The average molecular weight is 324 g/mol. The molecule has 3 rings (SSSR count). The van der Waals surface area contributed by atoms with E-state index in [9.17, 15) is 9.59 Å². The van der Waals surface area contributed by atoms with Crippen molar-refractivity contribution < 1.29 is 14.8 Å². The van der Waals surface area contributed by atoms with E-state index >= 15 is 0 Å². The molecule has 3 N–H and O–H groups in total. The molecule has 2 aromatic rings. The van der Waals surface area contributed by atoms with Crippen LogP contribution >= 0.6 is 0 Å². The molecule has 5 nitrogen and oxygen atoms in total. The van der Waals surface area contributed by atoms with E-state index < -0.39 is 11.8 Å². The summed E-state index contributed by atoms with van der Waals surface area (Å²) in [6.45, 7) is 0. The van der Waals surface area contributed by atoms with Crippen LogP contribution < -0.4 is 10.8 Å². The van der Waals surface area contributed by atoms with Crippen LogP contribution in [0.5, 0.6) is 0 Å². The third kappa shape index (κ3) is 3.46. The summed E-state index contributed by atoms with van der Waals surface area (Å²) in [7, 11) is 0. The monoisotopic (exact) mass is 324 g/mol. The zero-order chi connectivity index (χ0) is 16.9. The standard InChI is InChI=1S/C19H20N2O3/c22-18(15-7-4-8-15)20-16-11-9-14(10-12-16)17(19(23)21-24)13-5-2-1-3-6-13/h1-3,5-6,9-12,15,17,24H,4,7-8H2,(H,20,22)(H,21,23). The number of hydroxylamine groups is 1. The van der Waals surface area contributed by atoms with Crippen LogP contribution in [0.2, 0.25) is 0 Å². The van der Waals surface area contributed by atoms with Crippen LogP contribution in [0.1, 0.15) is 36.3 Å². The van der Waals surface area contributed by atoms with Gasteiger partial charge in [0.15, 0.2) is 0 Å². The van der Waals surface area contributed by atoms with Crippen molar-refractivity contribution in [3.05, 3.63) is 65.7 Å². The summed E-state index contributed by atoms with van der Waals surface area (Å²) >= 11 is 0. The fraction of sp³-hybridized carbons (Fsp3) is 0.263. The molecule has 0 spiro atoms. The van der Waals surface area contributed by atoms with Crippen LogP contribution in [0.15, 0.2) is 54.6 Å². The first-order chi connectivity index (χ1) is 11.7. The second kappa shape index (κ2) is 7.27. The van der Waals surface area contributed by atoms with E-state index in [1.54, 1.807) is 29.7 Å². The third-order valence-electron chi connectivity index (χ3n) is 4.49. The smallest absolute Gasteiger partial charge is 0.255 e. The van der Waals surface area contributed by atoms with Gasteiger partial charge in [0.05, 0.1) is 5.92 Å². The fourth-order valence-corrected chi connectivity index (χ4v) is 2.88. The molecule has 0 radical (unpaired) electrons. The van der Waals surface area contributed by atoms with E-state index in [0.29, 0.717) is 5.69 Å².